The van der Waals surface area contributed by atoms with Crippen molar-refractivity contribution in [2.75, 3.05) is 12.9 Å². The Bertz CT molecular complexity index is 844. The zero-order valence-electron chi connectivity index (χ0n) is 14.5. The van der Waals surface area contributed by atoms with Gasteiger partial charge >= 0.3 is 5.97 Å². The molecule has 0 atom stereocenters. The van der Waals surface area contributed by atoms with Gasteiger partial charge < -0.3 is 4.74 Å². The van der Waals surface area contributed by atoms with Crippen LogP contribution in [0, 0.1) is 0 Å². The van der Waals surface area contributed by atoms with Crippen LogP contribution in [0.5, 0.6) is 0 Å². The minimum absolute atomic E-state index is 0.215. The zero-order valence-corrected chi connectivity index (χ0v) is 15.3. The summed E-state index contributed by atoms with van der Waals surface area (Å²) in [5.41, 5.74) is 1.42. The van der Waals surface area contributed by atoms with Crippen LogP contribution in [0.15, 0.2) is 35.2 Å². The van der Waals surface area contributed by atoms with Crippen LogP contribution >= 0.6 is 0 Å². The molecule has 0 N–H and O–H groups in total. The number of hydrogen-bond donors (Lipinski definition) is 0. The molecule has 0 saturated carbocycles. The number of ether oxygens (including phenoxy) is 1. The first-order valence-electron chi connectivity index (χ1n) is 7.62. The van der Waals surface area contributed by atoms with Crippen LogP contribution in [-0.4, -0.2) is 37.0 Å². The first kappa shape index (κ1) is 18.2. The zero-order chi connectivity index (χ0) is 18.1. The molecule has 6 nitrogen and oxygen atoms in total. The minimum atomic E-state index is -3.28. The highest BCUT2D eigenvalue weighted by atomic mass is 32.2. The number of carbonyl (C=O) groups excluding carboxylic acids is 1. The molecule has 2 rings (SSSR count). The molecule has 0 amide bonds. The standard InChI is InChI=1S/C17H22N2O4S/c1-6-23-16(20)14-11-15(17(2,3)4)18-19(14)12-7-9-13(10-8-12)24(5,21)22/h7-11H,6H2,1-5H3. The van der Waals surface area contributed by atoms with E-state index < -0.39 is 15.8 Å². The van der Waals surface area contributed by atoms with Crippen molar-refractivity contribution in [3.8, 4) is 5.69 Å². The number of sulfone groups is 1. The highest BCUT2D eigenvalue weighted by Gasteiger charge is 2.24. The smallest absolute Gasteiger partial charge is 0.357 e. The van der Waals surface area contributed by atoms with E-state index in [9.17, 15) is 13.2 Å². The Kier molecular flexibility index (Phi) is 4.85. The van der Waals surface area contributed by atoms with Gasteiger partial charge in [-0.1, -0.05) is 20.8 Å². The molecular weight excluding hydrogens is 328 g/mol. The number of benzene rings is 1. The van der Waals surface area contributed by atoms with E-state index in [1.165, 1.54) is 16.8 Å². The quantitative estimate of drug-likeness (QED) is 0.792. The lowest BCUT2D eigenvalue weighted by atomic mass is 9.92. The predicted molar refractivity (Wildman–Crippen MR) is 91.3 cm³/mol. The fourth-order valence-electron chi connectivity index (χ4n) is 2.13. The Labute approximate surface area is 142 Å². The van der Waals surface area contributed by atoms with Crippen LogP contribution in [0.2, 0.25) is 0 Å². The number of carbonyl (C=O) groups is 1. The fraction of sp³-hybridized carbons (Fsp3) is 0.412. The topological polar surface area (TPSA) is 78.3 Å². The second kappa shape index (κ2) is 6.39. The summed E-state index contributed by atoms with van der Waals surface area (Å²) in [6.07, 6.45) is 1.15. The Hall–Kier alpha value is -2.15. The van der Waals surface area contributed by atoms with Crippen molar-refractivity contribution < 1.29 is 17.9 Å². The maximum absolute atomic E-state index is 12.2. The van der Waals surface area contributed by atoms with Crippen LogP contribution in [-0.2, 0) is 20.0 Å². The van der Waals surface area contributed by atoms with E-state index in [0.717, 1.165) is 11.9 Å². The Morgan fingerprint density at radius 1 is 1.21 bits per heavy atom. The predicted octanol–water partition coefficient (Wildman–Crippen LogP) is 2.75. The molecule has 0 spiro atoms. The molecular formula is C17H22N2O4S. The van der Waals surface area contributed by atoms with Crippen molar-refractivity contribution in [3.05, 3.63) is 41.7 Å². The largest absolute Gasteiger partial charge is 0.461 e. The number of rotatable bonds is 4. The van der Waals surface area contributed by atoms with Crippen molar-refractivity contribution in [2.45, 2.75) is 38.0 Å². The molecule has 0 aliphatic rings. The normalized spacial score (nSPS) is 12.2. The summed E-state index contributed by atoms with van der Waals surface area (Å²) in [5, 5.41) is 4.51. The van der Waals surface area contributed by atoms with Gasteiger partial charge in [0.05, 0.1) is 22.9 Å². The molecule has 1 aromatic carbocycles. The van der Waals surface area contributed by atoms with E-state index in [2.05, 4.69) is 5.10 Å². The van der Waals surface area contributed by atoms with Gasteiger partial charge in [0.2, 0.25) is 0 Å². The Balaban J connectivity index is 2.55. The monoisotopic (exact) mass is 350 g/mol. The molecule has 0 bridgehead atoms. The first-order valence-corrected chi connectivity index (χ1v) is 9.51. The average Bonchev–Trinajstić information content (AvgIpc) is 2.92. The van der Waals surface area contributed by atoms with Crippen LogP contribution in [0.25, 0.3) is 5.69 Å². The van der Waals surface area contributed by atoms with Gasteiger partial charge in [-0.05, 0) is 37.3 Å². The molecule has 0 fully saturated rings. The lowest BCUT2D eigenvalue weighted by Gasteiger charge is -2.14. The number of nitrogens with zero attached hydrogens (tertiary/aromatic N) is 2. The van der Waals surface area contributed by atoms with Gasteiger partial charge in [0.1, 0.15) is 0 Å². The Morgan fingerprint density at radius 2 is 1.79 bits per heavy atom. The van der Waals surface area contributed by atoms with Gasteiger partial charge in [0.15, 0.2) is 15.5 Å². The SMILES string of the molecule is CCOC(=O)c1cc(C(C)(C)C)nn1-c1ccc(S(C)(=O)=O)cc1. The van der Waals surface area contributed by atoms with Gasteiger partial charge in [-0.3, -0.25) is 0 Å². The van der Waals surface area contributed by atoms with Crippen LogP contribution in [0.3, 0.4) is 0 Å². The first-order chi connectivity index (χ1) is 11.0. The highest BCUT2D eigenvalue weighted by Crippen LogP contribution is 2.24. The van der Waals surface area contributed by atoms with Crippen molar-refractivity contribution in [1.29, 1.82) is 0 Å². The summed E-state index contributed by atoms with van der Waals surface area (Å²) in [4.78, 5) is 12.4. The van der Waals surface area contributed by atoms with E-state index in [-0.39, 0.29) is 16.9 Å². The summed E-state index contributed by atoms with van der Waals surface area (Å²) in [6, 6.07) is 7.95. The maximum atomic E-state index is 12.2. The average molecular weight is 350 g/mol. The molecule has 24 heavy (non-hydrogen) atoms. The van der Waals surface area contributed by atoms with Gasteiger partial charge in [0, 0.05) is 11.7 Å². The van der Waals surface area contributed by atoms with Crippen LogP contribution in [0.4, 0.5) is 0 Å². The molecule has 0 aliphatic carbocycles. The van der Waals surface area contributed by atoms with Crippen LogP contribution < -0.4 is 0 Å². The molecule has 7 heteroatoms. The minimum Gasteiger partial charge on any atom is -0.461 e. The van der Waals surface area contributed by atoms with Crippen molar-refractivity contribution in [3.63, 3.8) is 0 Å². The van der Waals surface area contributed by atoms with Crippen molar-refractivity contribution in [2.24, 2.45) is 0 Å². The molecule has 2 aromatic rings. The van der Waals surface area contributed by atoms with Gasteiger partial charge in [-0.25, -0.2) is 17.9 Å². The van der Waals surface area contributed by atoms with Gasteiger partial charge in [-0.2, -0.15) is 5.10 Å². The summed E-state index contributed by atoms with van der Waals surface area (Å²) in [7, 11) is -3.28. The van der Waals surface area contributed by atoms with E-state index >= 15 is 0 Å². The third-order valence-corrected chi connectivity index (χ3v) is 4.60. The van der Waals surface area contributed by atoms with E-state index in [1.807, 2.05) is 20.8 Å². The summed E-state index contributed by atoms with van der Waals surface area (Å²) < 4.78 is 29.7. The number of aromatic nitrogens is 2. The van der Waals surface area contributed by atoms with Crippen molar-refractivity contribution in [1.82, 2.24) is 9.78 Å². The molecule has 1 aromatic heterocycles. The third-order valence-electron chi connectivity index (χ3n) is 3.47. The van der Waals surface area contributed by atoms with Gasteiger partial charge in [0.25, 0.3) is 0 Å². The highest BCUT2D eigenvalue weighted by molar-refractivity contribution is 7.90. The summed E-state index contributed by atoms with van der Waals surface area (Å²) in [6.45, 7) is 8.01. The van der Waals surface area contributed by atoms with Crippen molar-refractivity contribution >= 4 is 15.8 Å². The number of hydrogen-bond acceptors (Lipinski definition) is 5. The van der Waals surface area contributed by atoms with E-state index in [1.54, 1.807) is 25.1 Å². The fourth-order valence-corrected chi connectivity index (χ4v) is 2.76. The second-order valence-electron chi connectivity index (χ2n) is 6.56. The molecule has 0 aliphatic heterocycles. The summed E-state index contributed by atoms with van der Waals surface area (Å²) in [5.74, 6) is -0.465. The Morgan fingerprint density at radius 3 is 2.25 bits per heavy atom. The summed E-state index contributed by atoms with van der Waals surface area (Å²) >= 11 is 0. The van der Waals surface area contributed by atoms with Gasteiger partial charge in [-0.15, -0.1) is 0 Å². The number of esters is 1. The maximum Gasteiger partial charge on any atom is 0.357 e. The lowest BCUT2D eigenvalue weighted by molar-refractivity contribution is 0.0515. The van der Waals surface area contributed by atoms with E-state index in [4.69, 9.17) is 4.74 Å². The lowest BCUT2D eigenvalue weighted by Crippen LogP contribution is -2.13. The molecule has 130 valence electrons. The molecule has 0 saturated heterocycles. The van der Waals surface area contributed by atoms with E-state index in [0.29, 0.717) is 11.4 Å². The molecule has 1 heterocycles. The third kappa shape index (κ3) is 3.84. The molecule has 0 radical (unpaired) electrons. The second-order valence-corrected chi connectivity index (χ2v) is 8.58. The van der Waals surface area contributed by atoms with Crippen LogP contribution in [0.1, 0.15) is 43.9 Å². The molecule has 0 unspecified atom stereocenters.